The number of halogens is 2. The molecule has 0 radical (unpaired) electrons. The van der Waals surface area contributed by atoms with E-state index in [1.165, 1.54) is 0 Å². The van der Waals surface area contributed by atoms with Gasteiger partial charge in [0.1, 0.15) is 6.04 Å². The maximum absolute atomic E-state index is 5.91. The van der Waals surface area contributed by atoms with Crippen molar-refractivity contribution in [3.63, 3.8) is 0 Å². The van der Waals surface area contributed by atoms with Crippen LogP contribution < -0.4 is 0 Å². The van der Waals surface area contributed by atoms with Crippen molar-refractivity contribution in [2.24, 2.45) is 10.2 Å². The van der Waals surface area contributed by atoms with Gasteiger partial charge >= 0.3 is 0 Å². The smallest absolute Gasteiger partial charge is 0.133 e. The van der Waals surface area contributed by atoms with E-state index in [4.69, 9.17) is 11.6 Å². The molecule has 0 aromatic carbocycles. The molecule has 1 aliphatic heterocycles. The van der Waals surface area contributed by atoms with Crippen LogP contribution >= 0.6 is 27.5 Å². The van der Waals surface area contributed by atoms with Crippen molar-refractivity contribution in [2.45, 2.75) is 6.04 Å². The van der Waals surface area contributed by atoms with Crippen molar-refractivity contribution in [1.29, 1.82) is 0 Å². The summed E-state index contributed by atoms with van der Waals surface area (Å²) in [5.74, 6) is 0. The normalized spacial score (nSPS) is 27.5. The number of rotatable bonds is 0. The summed E-state index contributed by atoms with van der Waals surface area (Å²) in [5.41, 5.74) is 1.05. The molecule has 0 aromatic rings. The largest absolute Gasteiger partial charge is 0.175 e. The summed E-state index contributed by atoms with van der Waals surface area (Å²) in [6, 6.07) is -0.0435. The summed E-state index contributed by atoms with van der Waals surface area (Å²) in [4.78, 5) is 0. The number of azo groups is 1. The van der Waals surface area contributed by atoms with Crippen molar-refractivity contribution in [1.82, 2.24) is 0 Å². The highest BCUT2D eigenvalue weighted by atomic mass is 79.9. The lowest BCUT2D eigenvalue weighted by Gasteiger charge is -2.11. The molecular weight excluding hydrogens is 227 g/mol. The lowest BCUT2D eigenvalue weighted by atomic mass is 10.0. The molecule has 56 valence electrons. The molecule has 1 atom stereocenters. The van der Waals surface area contributed by atoms with Gasteiger partial charge in [-0.3, -0.25) is 0 Å². The number of fused-ring (bicyclic) bond motifs is 1. The summed E-state index contributed by atoms with van der Waals surface area (Å²) in [6.07, 6.45) is 5.53. The molecule has 0 saturated heterocycles. The van der Waals surface area contributed by atoms with Gasteiger partial charge in [-0.15, -0.1) is 0 Å². The van der Waals surface area contributed by atoms with Crippen LogP contribution in [0.3, 0.4) is 0 Å². The second-order valence-corrected chi connectivity index (χ2v) is 3.67. The van der Waals surface area contributed by atoms with Crippen LogP contribution in [0.25, 0.3) is 0 Å². The van der Waals surface area contributed by atoms with Gasteiger partial charge in [-0.1, -0.05) is 27.5 Å². The zero-order valence-electron chi connectivity index (χ0n) is 5.46. The Balaban J connectivity index is 2.45. The molecule has 0 unspecified atom stereocenters. The lowest BCUT2D eigenvalue weighted by Crippen LogP contribution is -2.06. The maximum Gasteiger partial charge on any atom is 0.133 e. The Morgan fingerprint density at radius 2 is 2.27 bits per heavy atom. The topological polar surface area (TPSA) is 24.7 Å². The molecule has 0 N–H and O–H groups in total. The summed E-state index contributed by atoms with van der Waals surface area (Å²) in [5, 5.41) is 8.44. The first kappa shape index (κ1) is 7.25. The number of hydrogen-bond acceptors (Lipinski definition) is 2. The average molecular weight is 231 g/mol. The number of hydrogen-bond donors (Lipinski definition) is 0. The van der Waals surface area contributed by atoms with Gasteiger partial charge in [0.15, 0.2) is 0 Å². The van der Waals surface area contributed by atoms with Crippen molar-refractivity contribution in [2.75, 3.05) is 0 Å². The van der Waals surface area contributed by atoms with Crippen molar-refractivity contribution < 1.29 is 0 Å². The van der Waals surface area contributed by atoms with Crippen molar-refractivity contribution in [3.05, 3.63) is 33.4 Å². The third-order valence-corrected chi connectivity index (χ3v) is 2.32. The zero-order chi connectivity index (χ0) is 7.84. The fourth-order valence-electron chi connectivity index (χ4n) is 1.05. The van der Waals surface area contributed by atoms with Gasteiger partial charge in [0.2, 0.25) is 0 Å². The molecule has 2 nitrogen and oxygen atoms in total. The highest BCUT2D eigenvalue weighted by molar-refractivity contribution is 9.11. The van der Waals surface area contributed by atoms with E-state index in [-0.39, 0.29) is 6.04 Å². The summed E-state index contributed by atoms with van der Waals surface area (Å²) in [7, 11) is 0. The molecule has 0 amide bonds. The first-order chi connectivity index (χ1) is 5.27. The van der Waals surface area contributed by atoms with Gasteiger partial charge in [-0.25, -0.2) is 0 Å². The first-order valence-electron chi connectivity index (χ1n) is 3.12. The van der Waals surface area contributed by atoms with Crippen LogP contribution in [-0.4, -0.2) is 6.04 Å². The highest BCUT2D eigenvalue weighted by Crippen LogP contribution is 2.33. The summed E-state index contributed by atoms with van der Waals surface area (Å²) in [6.45, 7) is 0. The molecule has 2 aliphatic rings. The summed E-state index contributed by atoms with van der Waals surface area (Å²) < 4.78 is 0.970. The molecule has 4 heteroatoms. The average Bonchev–Trinajstić information content (AvgIpc) is 2.34. The molecule has 0 bridgehead atoms. The van der Waals surface area contributed by atoms with E-state index in [0.29, 0.717) is 5.03 Å². The molecule has 1 aliphatic carbocycles. The molecule has 2 rings (SSSR count). The van der Waals surface area contributed by atoms with Crippen molar-refractivity contribution in [3.8, 4) is 0 Å². The third kappa shape index (κ3) is 1.19. The second kappa shape index (κ2) is 2.57. The van der Waals surface area contributed by atoms with E-state index in [9.17, 15) is 0 Å². The molecular formula is C7H4BrClN2. The third-order valence-electron chi connectivity index (χ3n) is 1.55. The SMILES string of the molecule is ClC1=CC(Br)=CC2=CN=N[C@H]12. The van der Waals surface area contributed by atoms with Crippen LogP contribution in [0, 0.1) is 0 Å². The Bertz CT molecular complexity index is 314. The minimum absolute atomic E-state index is 0.0435. The zero-order valence-corrected chi connectivity index (χ0v) is 7.80. The number of allylic oxidation sites excluding steroid dienone is 2. The van der Waals surface area contributed by atoms with Crippen LogP contribution in [0.5, 0.6) is 0 Å². The van der Waals surface area contributed by atoms with Gasteiger partial charge in [0.25, 0.3) is 0 Å². The van der Waals surface area contributed by atoms with E-state index in [1.54, 1.807) is 6.20 Å². The van der Waals surface area contributed by atoms with E-state index >= 15 is 0 Å². The standard InChI is InChI=1S/C7H4BrClN2/c8-5-1-4-3-10-11-7(4)6(9)2-5/h1-3,7H/t7-/m0/s1. The predicted molar refractivity (Wildman–Crippen MR) is 47.7 cm³/mol. The monoisotopic (exact) mass is 230 g/mol. The Morgan fingerprint density at radius 3 is 3.09 bits per heavy atom. The van der Waals surface area contributed by atoms with E-state index in [0.717, 1.165) is 10.1 Å². The quantitative estimate of drug-likeness (QED) is 0.612. The van der Waals surface area contributed by atoms with Gasteiger partial charge in [0, 0.05) is 10.1 Å². The van der Waals surface area contributed by atoms with Crippen LogP contribution in [0.1, 0.15) is 0 Å². The molecule has 0 fully saturated rings. The van der Waals surface area contributed by atoms with Gasteiger partial charge in [-0.05, 0) is 12.2 Å². The van der Waals surface area contributed by atoms with E-state index in [1.807, 2.05) is 12.2 Å². The van der Waals surface area contributed by atoms with Gasteiger partial charge in [0.05, 0.1) is 11.2 Å². The molecule has 0 aromatic heterocycles. The minimum atomic E-state index is -0.0435. The number of nitrogens with zero attached hydrogens (tertiary/aromatic N) is 2. The molecule has 0 saturated carbocycles. The summed E-state index contributed by atoms with van der Waals surface area (Å²) >= 11 is 9.25. The molecule has 1 heterocycles. The first-order valence-corrected chi connectivity index (χ1v) is 4.29. The fourth-order valence-corrected chi connectivity index (χ4v) is 1.98. The minimum Gasteiger partial charge on any atom is -0.175 e. The van der Waals surface area contributed by atoms with Crippen LogP contribution in [-0.2, 0) is 0 Å². The van der Waals surface area contributed by atoms with Gasteiger partial charge < -0.3 is 0 Å². The van der Waals surface area contributed by atoms with E-state index < -0.39 is 0 Å². The lowest BCUT2D eigenvalue weighted by molar-refractivity contribution is 0.928. The van der Waals surface area contributed by atoms with Crippen LogP contribution in [0.4, 0.5) is 0 Å². The Labute approximate surface area is 77.5 Å². The Hall–Kier alpha value is -0.410. The predicted octanol–water partition coefficient (Wildman–Crippen LogP) is 3.12. The van der Waals surface area contributed by atoms with E-state index in [2.05, 4.69) is 26.2 Å². The Kier molecular flexibility index (Phi) is 1.69. The van der Waals surface area contributed by atoms with Crippen LogP contribution in [0.2, 0.25) is 0 Å². The molecule has 11 heavy (non-hydrogen) atoms. The maximum atomic E-state index is 5.91. The van der Waals surface area contributed by atoms with Crippen molar-refractivity contribution >= 4 is 27.5 Å². The fraction of sp³-hybridized carbons (Fsp3) is 0.143. The highest BCUT2D eigenvalue weighted by Gasteiger charge is 2.22. The van der Waals surface area contributed by atoms with Gasteiger partial charge in [-0.2, -0.15) is 10.2 Å². The second-order valence-electron chi connectivity index (χ2n) is 2.32. The molecule has 0 spiro atoms. The van der Waals surface area contributed by atoms with Crippen LogP contribution in [0.15, 0.2) is 43.7 Å². The Morgan fingerprint density at radius 1 is 1.45 bits per heavy atom.